The number of nitrogens with zero attached hydrogens (tertiary/aromatic N) is 1. The fraction of sp³-hybridized carbons (Fsp3) is 0.812. The maximum atomic E-state index is 6.18. The first-order valence-corrected chi connectivity index (χ1v) is 8.78. The SMILES string of the molecule is CCCNC(Cc1csc(C)n1)C(CC)(CC)OCC. The van der Waals surface area contributed by atoms with Crippen molar-refractivity contribution < 1.29 is 4.74 Å². The third-order valence-corrected chi connectivity index (χ3v) is 4.81. The summed E-state index contributed by atoms with van der Waals surface area (Å²) in [6.45, 7) is 12.6. The summed E-state index contributed by atoms with van der Waals surface area (Å²) in [5.41, 5.74) is 1.11. The summed E-state index contributed by atoms with van der Waals surface area (Å²) < 4.78 is 6.18. The molecule has 1 heterocycles. The summed E-state index contributed by atoms with van der Waals surface area (Å²) in [6.07, 6.45) is 4.15. The average Bonchev–Trinajstić information content (AvgIpc) is 2.86. The lowest BCUT2D eigenvalue weighted by molar-refractivity contribution is -0.0720. The van der Waals surface area contributed by atoms with E-state index >= 15 is 0 Å². The number of ether oxygens (including phenoxy) is 1. The molecule has 0 saturated heterocycles. The zero-order valence-corrected chi connectivity index (χ0v) is 14.5. The average molecular weight is 298 g/mol. The van der Waals surface area contributed by atoms with Crippen LogP contribution in [0.3, 0.4) is 0 Å². The van der Waals surface area contributed by atoms with Crippen LogP contribution in [-0.4, -0.2) is 29.8 Å². The lowest BCUT2D eigenvalue weighted by Crippen LogP contribution is -2.53. The van der Waals surface area contributed by atoms with Crippen molar-refractivity contribution >= 4 is 11.3 Å². The monoisotopic (exact) mass is 298 g/mol. The van der Waals surface area contributed by atoms with Gasteiger partial charge in [0.15, 0.2) is 0 Å². The molecule has 1 aromatic heterocycles. The van der Waals surface area contributed by atoms with Gasteiger partial charge in [-0.25, -0.2) is 4.98 Å². The van der Waals surface area contributed by atoms with E-state index in [0.717, 1.165) is 43.8 Å². The molecule has 1 rings (SSSR count). The fourth-order valence-electron chi connectivity index (χ4n) is 2.81. The lowest BCUT2D eigenvalue weighted by Gasteiger charge is -2.40. The first-order chi connectivity index (χ1) is 9.61. The predicted octanol–water partition coefficient (Wildman–Crippen LogP) is 3.96. The van der Waals surface area contributed by atoms with Gasteiger partial charge in [-0.1, -0.05) is 20.8 Å². The van der Waals surface area contributed by atoms with Gasteiger partial charge in [-0.05, 0) is 39.7 Å². The normalized spacial score (nSPS) is 13.7. The minimum absolute atomic E-state index is 0.0819. The highest BCUT2D eigenvalue weighted by atomic mass is 32.1. The molecule has 1 N–H and O–H groups in total. The molecule has 0 fully saturated rings. The maximum absolute atomic E-state index is 6.18. The van der Waals surface area contributed by atoms with Crippen molar-refractivity contribution in [2.24, 2.45) is 0 Å². The Bertz CT molecular complexity index is 374. The molecule has 0 aliphatic rings. The molecule has 1 aromatic rings. The van der Waals surface area contributed by atoms with Gasteiger partial charge in [-0.2, -0.15) is 0 Å². The van der Waals surface area contributed by atoms with Gasteiger partial charge in [0, 0.05) is 24.4 Å². The van der Waals surface area contributed by atoms with Gasteiger partial charge in [-0.15, -0.1) is 11.3 Å². The van der Waals surface area contributed by atoms with Crippen LogP contribution in [0.15, 0.2) is 5.38 Å². The smallest absolute Gasteiger partial charge is 0.0897 e. The predicted molar refractivity (Wildman–Crippen MR) is 87.6 cm³/mol. The van der Waals surface area contributed by atoms with Crippen molar-refractivity contribution in [2.45, 2.75) is 71.9 Å². The minimum Gasteiger partial charge on any atom is -0.374 e. The van der Waals surface area contributed by atoms with E-state index in [-0.39, 0.29) is 5.60 Å². The molecule has 0 amide bonds. The molecule has 0 saturated carbocycles. The minimum atomic E-state index is -0.0819. The van der Waals surface area contributed by atoms with E-state index in [1.54, 1.807) is 11.3 Å². The molecule has 0 aliphatic carbocycles. The van der Waals surface area contributed by atoms with Crippen molar-refractivity contribution in [3.63, 3.8) is 0 Å². The van der Waals surface area contributed by atoms with Crippen LogP contribution < -0.4 is 5.32 Å². The fourth-order valence-corrected chi connectivity index (χ4v) is 3.43. The van der Waals surface area contributed by atoms with Gasteiger partial charge in [0.05, 0.1) is 16.3 Å². The first-order valence-electron chi connectivity index (χ1n) is 7.90. The standard InChI is InChI=1S/C16H30N2OS/c1-6-10-17-15(11-14-12-20-13(5)18-14)16(7-2,8-3)19-9-4/h12,15,17H,6-11H2,1-5H3. The van der Waals surface area contributed by atoms with Gasteiger partial charge >= 0.3 is 0 Å². The highest BCUT2D eigenvalue weighted by Gasteiger charge is 2.36. The van der Waals surface area contributed by atoms with Crippen LogP contribution >= 0.6 is 11.3 Å². The number of nitrogens with one attached hydrogen (secondary N) is 1. The summed E-state index contributed by atoms with van der Waals surface area (Å²) in [6, 6.07) is 0.332. The number of thiazole rings is 1. The van der Waals surface area contributed by atoms with E-state index in [9.17, 15) is 0 Å². The molecule has 20 heavy (non-hydrogen) atoms. The number of aromatic nitrogens is 1. The van der Waals surface area contributed by atoms with E-state index in [1.807, 2.05) is 0 Å². The van der Waals surface area contributed by atoms with E-state index in [0.29, 0.717) is 6.04 Å². The van der Waals surface area contributed by atoms with Crippen LogP contribution in [0, 0.1) is 6.92 Å². The van der Waals surface area contributed by atoms with E-state index < -0.39 is 0 Å². The molecule has 0 bridgehead atoms. The van der Waals surface area contributed by atoms with Crippen LogP contribution in [0.5, 0.6) is 0 Å². The van der Waals surface area contributed by atoms with Gasteiger partial charge < -0.3 is 10.1 Å². The second kappa shape index (κ2) is 8.75. The zero-order valence-electron chi connectivity index (χ0n) is 13.7. The van der Waals surface area contributed by atoms with Gasteiger partial charge in [0.2, 0.25) is 0 Å². The van der Waals surface area contributed by atoms with Crippen LogP contribution in [0.4, 0.5) is 0 Å². The van der Waals surface area contributed by atoms with Crippen molar-refractivity contribution in [1.29, 1.82) is 0 Å². The van der Waals surface area contributed by atoms with Crippen LogP contribution in [0.2, 0.25) is 0 Å². The molecule has 3 nitrogen and oxygen atoms in total. The molecular formula is C16H30N2OS. The summed E-state index contributed by atoms with van der Waals surface area (Å²) in [4.78, 5) is 4.62. The van der Waals surface area contributed by atoms with Crippen molar-refractivity contribution in [3.05, 3.63) is 16.1 Å². The number of hydrogen-bond donors (Lipinski definition) is 1. The number of rotatable bonds is 10. The number of hydrogen-bond acceptors (Lipinski definition) is 4. The number of aryl methyl sites for hydroxylation is 1. The van der Waals surface area contributed by atoms with Gasteiger partial charge in [0.25, 0.3) is 0 Å². The molecule has 0 radical (unpaired) electrons. The molecule has 0 spiro atoms. The third-order valence-electron chi connectivity index (χ3n) is 3.98. The van der Waals surface area contributed by atoms with Gasteiger partial charge in [0.1, 0.15) is 0 Å². The Hall–Kier alpha value is -0.450. The third kappa shape index (κ3) is 4.54. The second-order valence-corrected chi connectivity index (χ2v) is 6.34. The topological polar surface area (TPSA) is 34.2 Å². The summed E-state index contributed by atoms with van der Waals surface area (Å²) >= 11 is 1.73. The molecule has 0 aliphatic heterocycles. The molecule has 1 unspecified atom stereocenters. The van der Waals surface area contributed by atoms with E-state index in [2.05, 4.69) is 50.3 Å². The van der Waals surface area contributed by atoms with Crippen molar-refractivity contribution in [3.8, 4) is 0 Å². The zero-order chi connectivity index (χ0) is 15.0. The Balaban J connectivity index is 2.89. The highest BCUT2D eigenvalue weighted by molar-refractivity contribution is 7.09. The molecule has 1 atom stereocenters. The van der Waals surface area contributed by atoms with E-state index in [1.165, 1.54) is 5.69 Å². The van der Waals surface area contributed by atoms with Crippen LogP contribution in [0.25, 0.3) is 0 Å². The quantitative estimate of drug-likeness (QED) is 0.710. The highest BCUT2D eigenvalue weighted by Crippen LogP contribution is 2.28. The van der Waals surface area contributed by atoms with Gasteiger partial charge in [-0.3, -0.25) is 0 Å². The molecule has 116 valence electrons. The largest absolute Gasteiger partial charge is 0.374 e. The molecular weight excluding hydrogens is 268 g/mol. The first kappa shape index (κ1) is 17.6. The maximum Gasteiger partial charge on any atom is 0.0897 e. The summed E-state index contributed by atoms with van der Waals surface area (Å²) in [5.74, 6) is 0. The van der Waals surface area contributed by atoms with Crippen LogP contribution in [0.1, 0.15) is 57.7 Å². The van der Waals surface area contributed by atoms with Crippen LogP contribution in [-0.2, 0) is 11.2 Å². The van der Waals surface area contributed by atoms with E-state index in [4.69, 9.17) is 4.74 Å². The Kier molecular flexibility index (Phi) is 7.70. The molecule has 0 aromatic carbocycles. The summed E-state index contributed by atoms with van der Waals surface area (Å²) in [5, 5.41) is 7.02. The lowest BCUT2D eigenvalue weighted by atomic mass is 9.85. The van der Waals surface area contributed by atoms with Crippen molar-refractivity contribution in [1.82, 2.24) is 10.3 Å². The van der Waals surface area contributed by atoms with Crippen molar-refractivity contribution in [2.75, 3.05) is 13.2 Å². The second-order valence-electron chi connectivity index (χ2n) is 5.27. The Morgan fingerprint density at radius 3 is 2.45 bits per heavy atom. The molecule has 4 heteroatoms. The Morgan fingerprint density at radius 1 is 1.30 bits per heavy atom. The Labute approximate surface area is 128 Å². The Morgan fingerprint density at radius 2 is 2.00 bits per heavy atom. The summed E-state index contributed by atoms with van der Waals surface area (Å²) in [7, 11) is 0.